The van der Waals surface area contributed by atoms with Gasteiger partial charge >= 0.3 is 0 Å². The minimum Gasteiger partial charge on any atom is -0.454 e. The summed E-state index contributed by atoms with van der Waals surface area (Å²) in [6.45, 7) is 8.03. The third-order valence-electron chi connectivity index (χ3n) is 6.54. The Morgan fingerprint density at radius 2 is 1.97 bits per heavy atom. The normalized spacial score (nSPS) is 15.9. The van der Waals surface area contributed by atoms with Gasteiger partial charge in [0, 0.05) is 24.5 Å². The molecule has 0 N–H and O–H groups in total. The maximum Gasteiger partial charge on any atom is 0.246 e. The summed E-state index contributed by atoms with van der Waals surface area (Å²) in [5.74, 6) is 1.10. The second-order valence-corrected chi connectivity index (χ2v) is 8.81. The first kappa shape index (κ1) is 22.8. The summed E-state index contributed by atoms with van der Waals surface area (Å²) in [5, 5.41) is 0. The predicted molar refractivity (Wildman–Crippen MR) is 133 cm³/mol. The third kappa shape index (κ3) is 4.18. The lowest BCUT2D eigenvalue weighted by atomic mass is 10.0. The number of imidazole rings is 1. The fraction of sp³-hybridized carbons (Fsp3) is 0.250. The standard InChI is InChI=1S/C28H27FN4O2/c1-4-24(34)32-16-6-5-9-22(32)28-31-26(27-19(3)30-15-17-33(27)28)20-11-13-21(14-12-20)35-23-10-7-8-18(2)25(23)29/h4,7-8,10-15,17,22H,1,5-6,9,16H2,2-3H3/t22-/m0/s1. The molecule has 1 amide bonds. The summed E-state index contributed by atoms with van der Waals surface area (Å²) < 4.78 is 22.2. The minimum atomic E-state index is -0.367. The quantitative estimate of drug-likeness (QED) is 0.327. The number of halogens is 1. The van der Waals surface area contributed by atoms with Crippen molar-refractivity contribution < 1.29 is 13.9 Å². The van der Waals surface area contributed by atoms with Crippen LogP contribution in [0.5, 0.6) is 11.5 Å². The van der Waals surface area contributed by atoms with Gasteiger partial charge in [0.1, 0.15) is 11.6 Å². The first-order valence-electron chi connectivity index (χ1n) is 11.8. The Kier molecular flexibility index (Phi) is 6.07. The highest BCUT2D eigenvalue weighted by Crippen LogP contribution is 2.36. The summed E-state index contributed by atoms with van der Waals surface area (Å²) in [7, 11) is 0. The molecule has 0 bridgehead atoms. The zero-order chi connectivity index (χ0) is 24.5. The van der Waals surface area contributed by atoms with E-state index in [1.807, 2.05) is 46.7 Å². The lowest BCUT2D eigenvalue weighted by molar-refractivity contribution is -0.129. The number of amides is 1. The third-order valence-corrected chi connectivity index (χ3v) is 6.54. The van der Waals surface area contributed by atoms with Gasteiger partial charge in [-0.1, -0.05) is 18.7 Å². The Bertz CT molecular complexity index is 1410. The molecule has 1 atom stereocenters. The number of ether oxygens (including phenoxy) is 1. The number of fused-ring (bicyclic) bond motifs is 1. The van der Waals surface area contributed by atoms with Gasteiger partial charge in [0.25, 0.3) is 0 Å². The van der Waals surface area contributed by atoms with Crippen LogP contribution in [0.3, 0.4) is 0 Å². The molecule has 0 unspecified atom stereocenters. The van der Waals surface area contributed by atoms with E-state index in [0.717, 1.165) is 47.6 Å². The van der Waals surface area contributed by atoms with Gasteiger partial charge in [-0.05, 0) is 75.1 Å². The van der Waals surface area contributed by atoms with Crippen LogP contribution in [0.1, 0.15) is 42.4 Å². The second-order valence-electron chi connectivity index (χ2n) is 8.81. The Labute approximate surface area is 203 Å². The molecule has 5 rings (SSSR count). The van der Waals surface area contributed by atoms with E-state index in [9.17, 15) is 9.18 Å². The van der Waals surface area contributed by atoms with Crippen LogP contribution >= 0.6 is 0 Å². The number of carbonyl (C=O) groups excluding carboxylic acids is 1. The van der Waals surface area contributed by atoms with Gasteiger partial charge in [0.2, 0.25) is 5.91 Å². The number of aromatic nitrogens is 3. The van der Waals surface area contributed by atoms with E-state index in [2.05, 4.69) is 11.6 Å². The van der Waals surface area contributed by atoms with E-state index < -0.39 is 0 Å². The molecule has 2 aromatic heterocycles. The maximum absolute atomic E-state index is 14.4. The molecule has 35 heavy (non-hydrogen) atoms. The summed E-state index contributed by atoms with van der Waals surface area (Å²) in [6.07, 6.45) is 7.87. The van der Waals surface area contributed by atoms with Crippen molar-refractivity contribution >= 4 is 11.4 Å². The largest absolute Gasteiger partial charge is 0.454 e. The van der Waals surface area contributed by atoms with Crippen LogP contribution in [0.25, 0.3) is 16.8 Å². The van der Waals surface area contributed by atoms with Crippen LogP contribution in [-0.2, 0) is 4.79 Å². The molecular formula is C28H27FN4O2. The first-order valence-corrected chi connectivity index (χ1v) is 11.8. The zero-order valence-corrected chi connectivity index (χ0v) is 19.9. The van der Waals surface area contributed by atoms with E-state index >= 15 is 0 Å². The number of aryl methyl sites for hydroxylation is 2. The highest BCUT2D eigenvalue weighted by Gasteiger charge is 2.31. The fourth-order valence-corrected chi connectivity index (χ4v) is 4.74. The SMILES string of the molecule is C=CC(=O)N1CCCC[C@H]1c1nc(-c2ccc(Oc3cccc(C)c3F)cc2)c2c(C)nccn12. The van der Waals surface area contributed by atoms with Crippen LogP contribution in [0.2, 0.25) is 0 Å². The van der Waals surface area contributed by atoms with E-state index in [0.29, 0.717) is 17.9 Å². The molecule has 6 nitrogen and oxygen atoms in total. The maximum atomic E-state index is 14.4. The van der Waals surface area contributed by atoms with Crippen LogP contribution in [0.15, 0.2) is 67.5 Å². The molecule has 1 aliphatic rings. The van der Waals surface area contributed by atoms with Crippen molar-refractivity contribution in [1.82, 2.24) is 19.3 Å². The number of rotatable bonds is 5. The Morgan fingerprint density at radius 1 is 1.17 bits per heavy atom. The smallest absolute Gasteiger partial charge is 0.246 e. The number of likely N-dealkylation sites (tertiary alicyclic amines) is 1. The molecule has 4 aromatic rings. The molecule has 7 heteroatoms. The molecule has 2 aromatic carbocycles. The van der Waals surface area contributed by atoms with Crippen molar-refractivity contribution in [3.05, 3.63) is 90.4 Å². The summed E-state index contributed by atoms with van der Waals surface area (Å²) in [4.78, 5) is 24.0. The van der Waals surface area contributed by atoms with Crippen LogP contribution in [-0.4, -0.2) is 31.7 Å². The van der Waals surface area contributed by atoms with Gasteiger partial charge in [-0.3, -0.25) is 14.2 Å². The highest BCUT2D eigenvalue weighted by molar-refractivity contribution is 5.87. The molecule has 1 aliphatic heterocycles. The number of hydrogen-bond acceptors (Lipinski definition) is 4. The molecule has 178 valence electrons. The molecule has 1 fully saturated rings. The van der Waals surface area contributed by atoms with Gasteiger partial charge in [0.15, 0.2) is 11.6 Å². The molecule has 1 saturated heterocycles. The first-order chi connectivity index (χ1) is 17.0. The summed E-state index contributed by atoms with van der Waals surface area (Å²) in [6, 6.07) is 12.4. The van der Waals surface area contributed by atoms with E-state index in [-0.39, 0.29) is 23.5 Å². The van der Waals surface area contributed by atoms with Crippen molar-refractivity contribution in [1.29, 1.82) is 0 Å². The lowest BCUT2D eigenvalue weighted by Gasteiger charge is -2.34. The van der Waals surface area contributed by atoms with Gasteiger partial charge in [-0.25, -0.2) is 9.37 Å². The number of nitrogens with zero attached hydrogens (tertiary/aromatic N) is 4. The number of benzene rings is 2. The van der Waals surface area contributed by atoms with Crippen molar-refractivity contribution in [3.63, 3.8) is 0 Å². The number of carbonyl (C=O) groups is 1. The summed E-state index contributed by atoms with van der Waals surface area (Å²) >= 11 is 0. The molecule has 3 heterocycles. The van der Waals surface area contributed by atoms with Gasteiger partial charge in [-0.15, -0.1) is 0 Å². The molecule has 0 spiro atoms. The summed E-state index contributed by atoms with van der Waals surface area (Å²) in [5.41, 5.74) is 3.96. The minimum absolute atomic E-state index is 0.0799. The molecular weight excluding hydrogens is 443 g/mol. The van der Waals surface area contributed by atoms with Crippen LogP contribution < -0.4 is 4.74 Å². The van der Waals surface area contributed by atoms with Gasteiger partial charge in [-0.2, -0.15) is 0 Å². The van der Waals surface area contributed by atoms with Gasteiger partial charge < -0.3 is 9.64 Å². The van der Waals surface area contributed by atoms with Gasteiger partial charge in [0.05, 0.1) is 22.9 Å². The van der Waals surface area contributed by atoms with Crippen molar-refractivity contribution in [2.45, 2.75) is 39.2 Å². The topological polar surface area (TPSA) is 59.7 Å². The predicted octanol–water partition coefficient (Wildman–Crippen LogP) is 6.18. The zero-order valence-electron chi connectivity index (χ0n) is 19.9. The Morgan fingerprint density at radius 3 is 2.74 bits per heavy atom. The highest BCUT2D eigenvalue weighted by atomic mass is 19.1. The molecule has 0 radical (unpaired) electrons. The monoisotopic (exact) mass is 470 g/mol. The van der Waals surface area contributed by atoms with Crippen molar-refractivity contribution in [2.24, 2.45) is 0 Å². The van der Waals surface area contributed by atoms with E-state index in [1.165, 1.54) is 6.08 Å². The number of piperidine rings is 1. The lowest BCUT2D eigenvalue weighted by Crippen LogP contribution is -2.38. The van der Waals surface area contributed by atoms with E-state index in [4.69, 9.17) is 9.72 Å². The molecule has 0 saturated carbocycles. The fourth-order valence-electron chi connectivity index (χ4n) is 4.74. The van der Waals surface area contributed by atoms with E-state index in [1.54, 1.807) is 31.3 Å². The average molecular weight is 471 g/mol. The molecule has 0 aliphatic carbocycles. The average Bonchev–Trinajstić information content (AvgIpc) is 3.27. The van der Waals surface area contributed by atoms with Crippen molar-refractivity contribution in [3.8, 4) is 22.8 Å². The number of hydrogen-bond donors (Lipinski definition) is 0. The van der Waals surface area contributed by atoms with Crippen molar-refractivity contribution in [2.75, 3.05) is 6.54 Å². The van der Waals surface area contributed by atoms with Crippen LogP contribution in [0.4, 0.5) is 4.39 Å². The second kappa shape index (κ2) is 9.33. The Balaban J connectivity index is 1.54. The van der Waals surface area contributed by atoms with Crippen LogP contribution in [0, 0.1) is 19.7 Å². The Hall–Kier alpha value is -4.00.